The van der Waals surface area contributed by atoms with Gasteiger partial charge in [-0.15, -0.1) is 0 Å². The Morgan fingerprint density at radius 3 is 2.94 bits per heavy atom. The smallest absolute Gasteiger partial charge is 0.221 e. The number of nitrogens with one attached hydrogen (secondary N) is 2. The van der Waals surface area contributed by atoms with Crippen LogP contribution in [0.15, 0.2) is 0 Å². The molecule has 5 heteroatoms. The van der Waals surface area contributed by atoms with Gasteiger partial charge in [0.25, 0.3) is 0 Å². The average Bonchev–Trinajstić information content (AvgIpc) is 2.36. The second kappa shape index (κ2) is 8.02. The van der Waals surface area contributed by atoms with Gasteiger partial charge in [0.2, 0.25) is 5.91 Å². The van der Waals surface area contributed by atoms with Crippen LogP contribution < -0.4 is 10.6 Å². The molecular weight excluding hydrogens is 248 g/mol. The Labute approximate surface area is 114 Å². The van der Waals surface area contributed by atoms with Gasteiger partial charge in [-0.1, -0.05) is 13.8 Å². The van der Waals surface area contributed by atoms with Crippen molar-refractivity contribution in [2.45, 2.75) is 39.2 Å². The zero-order valence-corrected chi connectivity index (χ0v) is 12.3. The van der Waals surface area contributed by atoms with Gasteiger partial charge >= 0.3 is 0 Å². The first-order valence-corrected chi connectivity index (χ1v) is 7.88. The molecule has 0 radical (unpaired) electrons. The van der Waals surface area contributed by atoms with Gasteiger partial charge in [-0.2, -0.15) is 11.8 Å². The van der Waals surface area contributed by atoms with Crippen molar-refractivity contribution in [3.8, 4) is 0 Å². The van der Waals surface area contributed by atoms with Crippen molar-refractivity contribution < 1.29 is 9.90 Å². The van der Waals surface area contributed by atoms with Crippen LogP contribution in [0.2, 0.25) is 0 Å². The molecule has 1 fully saturated rings. The fraction of sp³-hybridized carbons (Fsp3) is 0.923. The number of amides is 1. The fourth-order valence-electron chi connectivity index (χ4n) is 2.03. The van der Waals surface area contributed by atoms with Crippen molar-refractivity contribution in [2.24, 2.45) is 5.41 Å². The molecule has 0 bridgehead atoms. The van der Waals surface area contributed by atoms with Crippen LogP contribution >= 0.6 is 11.8 Å². The summed E-state index contributed by atoms with van der Waals surface area (Å²) in [5, 5.41) is 15.2. The Morgan fingerprint density at radius 2 is 2.33 bits per heavy atom. The molecule has 0 saturated carbocycles. The van der Waals surface area contributed by atoms with Crippen LogP contribution in [0.25, 0.3) is 0 Å². The molecule has 1 saturated heterocycles. The van der Waals surface area contributed by atoms with Gasteiger partial charge in [-0.05, 0) is 18.3 Å². The summed E-state index contributed by atoms with van der Waals surface area (Å²) in [5.74, 6) is 2.31. The maximum atomic E-state index is 11.8. The molecule has 1 amide bonds. The third-order valence-corrected chi connectivity index (χ3v) is 4.34. The Morgan fingerprint density at radius 1 is 1.56 bits per heavy atom. The Bertz CT molecular complexity index is 253. The third kappa shape index (κ3) is 6.61. The van der Waals surface area contributed by atoms with Crippen molar-refractivity contribution in [2.75, 3.05) is 31.2 Å². The second-order valence-electron chi connectivity index (χ2n) is 5.70. The molecule has 0 aliphatic carbocycles. The quantitative estimate of drug-likeness (QED) is 0.648. The molecular formula is C13H26N2O2S. The Balaban J connectivity index is 2.19. The lowest BCUT2D eigenvalue weighted by Crippen LogP contribution is -2.42. The number of hydrogen-bond acceptors (Lipinski definition) is 4. The van der Waals surface area contributed by atoms with Gasteiger partial charge in [-0.3, -0.25) is 4.79 Å². The molecule has 3 N–H and O–H groups in total. The minimum absolute atomic E-state index is 0.0626. The first kappa shape index (κ1) is 15.8. The molecule has 1 atom stereocenters. The summed E-state index contributed by atoms with van der Waals surface area (Å²) >= 11 is 1.91. The second-order valence-corrected chi connectivity index (χ2v) is 6.85. The molecule has 4 nitrogen and oxygen atoms in total. The van der Waals surface area contributed by atoms with E-state index in [1.54, 1.807) is 0 Å². The predicted molar refractivity (Wildman–Crippen MR) is 76.8 cm³/mol. The van der Waals surface area contributed by atoms with Crippen LogP contribution in [0.4, 0.5) is 0 Å². The molecule has 1 aliphatic heterocycles. The van der Waals surface area contributed by atoms with Gasteiger partial charge in [0, 0.05) is 43.7 Å². The van der Waals surface area contributed by atoms with E-state index >= 15 is 0 Å². The summed E-state index contributed by atoms with van der Waals surface area (Å²) in [6.45, 7) is 6.16. The van der Waals surface area contributed by atoms with Gasteiger partial charge in [0.05, 0.1) is 0 Å². The van der Waals surface area contributed by atoms with Gasteiger partial charge in [0.1, 0.15) is 0 Å². The zero-order chi connectivity index (χ0) is 13.4. The van der Waals surface area contributed by atoms with Crippen molar-refractivity contribution in [3.63, 3.8) is 0 Å². The van der Waals surface area contributed by atoms with E-state index in [2.05, 4.69) is 24.5 Å². The molecule has 0 aromatic carbocycles. The molecule has 0 spiro atoms. The lowest BCUT2D eigenvalue weighted by atomic mass is 9.88. The summed E-state index contributed by atoms with van der Waals surface area (Å²) in [7, 11) is 0. The maximum Gasteiger partial charge on any atom is 0.221 e. The molecule has 1 rings (SSSR count). The van der Waals surface area contributed by atoms with E-state index in [1.807, 2.05) is 11.8 Å². The lowest BCUT2D eigenvalue weighted by molar-refractivity contribution is -0.121. The van der Waals surface area contributed by atoms with E-state index in [4.69, 9.17) is 5.11 Å². The normalized spacial score (nSPS) is 20.7. The standard InChI is InChI=1S/C13H26N2O2S/c1-13(2,4-3-6-16)10-15-12(17)8-11-9-18-7-5-14-11/h11,14,16H,3-10H2,1-2H3,(H,15,17). The van der Waals surface area contributed by atoms with Crippen LogP contribution in [0, 0.1) is 5.41 Å². The number of aliphatic hydroxyl groups excluding tert-OH is 1. The summed E-state index contributed by atoms with van der Waals surface area (Å²) in [4.78, 5) is 11.8. The molecule has 106 valence electrons. The number of carbonyl (C=O) groups excluding carboxylic acids is 1. The van der Waals surface area contributed by atoms with Crippen LogP contribution in [0.5, 0.6) is 0 Å². The molecule has 1 unspecified atom stereocenters. The molecule has 18 heavy (non-hydrogen) atoms. The minimum Gasteiger partial charge on any atom is -0.396 e. The largest absolute Gasteiger partial charge is 0.396 e. The van der Waals surface area contributed by atoms with Crippen LogP contribution in [0.3, 0.4) is 0 Å². The molecule has 1 aliphatic rings. The number of hydrogen-bond donors (Lipinski definition) is 3. The summed E-state index contributed by atoms with van der Waals surface area (Å²) in [6, 6.07) is 0.323. The van der Waals surface area contributed by atoms with Gasteiger partial charge < -0.3 is 15.7 Å². The predicted octanol–water partition coefficient (Wildman–Crippen LogP) is 0.996. The van der Waals surface area contributed by atoms with Crippen LogP contribution in [0.1, 0.15) is 33.1 Å². The van der Waals surface area contributed by atoms with Crippen LogP contribution in [-0.4, -0.2) is 48.3 Å². The van der Waals surface area contributed by atoms with Gasteiger partial charge in [0.15, 0.2) is 0 Å². The lowest BCUT2D eigenvalue weighted by Gasteiger charge is -2.26. The topological polar surface area (TPSA) is 61.4 Å². The number of aliphatic hydroxyl groups is 1. The first-order chi connectivity index (χ1) is 8.53. The number of carbonyl (C=O) groups is 1. The third-order valence-electron chi connectivity index (χ3n) is 3.21. The highest BCUT2D eigenvalue weighted by Gasteiger charge is 2.20. The van der Waals surface area contributed by atoms with Gasteiger partial charge in [-0.25, -0.2) is 0 Å². The molecule has 0 aromatic heterocycles. The monoisotopic (exact) mass is 274 g/mol. The maximum absolute atomic E-state index is 11.8. The minimum atomic E-state index is 0.0626. The summed E-state index contributed by atoms with van der Waals surface area (Å²) in [5.41, 5.74) is 0.0626. The van der Waals surface area contributed by atoms with Crippen molar-refractivity contribution >= 4 is 17.7 Å². The molecule has 1 heterocycles. The van der Waals surface area contributed by atoms with E-state index in [0.717, 1.165) is 30.9 Å². The number of rotatable bonds is 7. The Kier molecular flexibility index (Phi) is 7.04. The van der Waals surface area contributed by atoms with Crippen molar-refractivity contribution in [1.29, 1.82) is 0 Å². The highest BCUT2D eigenvalue weighted by Crippen LogP contribution is 2.20. The van der Waals surface area contributed by atoms with Crippen molar-refractivity contribution in [3.05, 3.63) is 0 Å². The van der Waals surface area contributed by atoms with E-state index in [-0.39, 0.29) is 17.9 Å². The average molecular weight is 274 g/mol. The number of thioether (sulfide) groups is 1. The van der Waals surface area contributed by atoms with E-state index < -0.39 is 0 Å². The summed E-state index contributed by atoms with van der Waals surface area (Å²) < 4.78 is 0. The highest BCUT2D eigenvalue weighted by molar-refractivity contribution is 7.99. The van der Waals surface area contributed by atoms with E-state index in [9.17, 15) is 4.79 Å². The van der Waals surface area contributed by atoms with E-state index in [1.165, 1.54) is 0 Å². The first-order valence-electron chi connectivity index (χ1n) is 6.72. The summed E-state index contributed by atoms with van der Waals surface area (Å²) in [6.07, 6.45) is 2.30. The van der Waals surface area contributed by atoms with Crippen LogP contribution in [-0.2, 0) is 4.79 Å². The highest BCUT2D eigenvalue weighted by atomic mass is 32.2. The fourth-order valence-corrected chi connectivity index (χ4v) is 2.98. The van der Waals surface area contributed by atoms with Crippen molar-refractivity contribution in [1.82, 2.24) is 10.6 Å². The molecule has 0 aromatic rings. The Hall–Kier alpha value is -0.260. The zero-order valence-electron chi connectivity index (χ0n) is 11.5. The SMILES string of the molecule is CC(C)(CCCO)CNC(=O)CC1CSCCN1. The van der Waals surface area contributed by atoms with E-state index in [0.29, 0.717) is 19.0 Å².